The highest BCUT2D eigenvalue weighted by Crippen LogP contribution is 2.46. The van der Waals surface area contributed by atoms with E-state index < -0.39 is 17.7 Å². The fraction of sp³-hybridized carbons (Fsp3) is 0.194. The number of aromatic nitrogens is 1. The highest BCUT2D eigenvalue weighted by atomic mass is 32.1. The van der Waals surface area contributed by atoms with Gasteiger partial charge in [-0.3, -0.25) is 14.5 Å². The Kier molecular flexibility index (Phi) is 7.25. The van der Waals surface area contributed by atoms with E-state index in [4.69, 9.17) is 19.2 Å². The summed E-state index contributed by atoms with van der Waals surface area (Å²) in [6, 6.07) is 25.3. The molecule has 1 saturated heterocycles. The van der Waals surface area contributed by atoms with Crippen LogP contribution in [-0.4, -0.2) is 35.0 Å². The smallest absolute Gasteiger partial charge is 0.301 e. The van der Waals surface area contributed by atoms with Gasteiger partial charge in [-0.05, 0) is 78.6 Å². The van der Waals surface area contributed by atoms with Crippen molar-refractivity contribution in [2.45, 2.75) is 39.0 Å². The van der Waals surface area contributed by atoms with E-state index in [9.17, 15) is 14.7 Å². The molecule has 226 valence electrons. The van der Waals surface area contributed by atoms with Crippen LogP contribution < -0.4 is 19.1 Å². The minimum absolute atomic E-state index is 0.0146. The van der Waals surface area contributed by atoms with Crippen LogP contribution in [0, 0.1) is 6.92 Å². The monoisotopic (exact) mass is 618 g/mol. The molecule has 1 fully saturated rings. The number of amides is 1. The number of methoxy groups -OCH3 is 1. The molecule has 0 aliphatic carbocycles. The van der Waals surface area contributed by atoms with Gasteiger partial charge in [-0.1, -0.05) is 53.8 Å². The third-order valence-corrected chi connectivity index (χ3v) is 9.11. The third-order valence-electron chi connectivity index (χ3n) is 8.09. The molecule has 3 heterocycles. The summed E-state index contributed by atoms with van der Waals surface area (Å²) in [6.07, 6.45) is 0.696. The van der Waals surface area contributed by atoms with E-state index in [1.165, 1.54) is 23.3 Å². The van der Waals surface area contributed by atoms with Crippen LogP contribution in [-0.2, 0) is 22.6 Å². The van der Waals surface area contributed by atoms with Gasteiger partial charge in [0.25, 0.3) is 5.78 Å². The van der Waals surface area contributed by atoms with Crippen molar-refractivity contribution in [2.75, 3.05) is 12.0 Å². The molecule has 8 nitrogen and oxygen atoms in total. The predicted molar refractivity (Wildman–Crippen MR) is 173 cm³/mol. The van der Waals surface area contributed by atoms with Crippen molar-refractivity contribution in [1.29, 1.82) is 0 Å². The fourth-order valence-corrected chi connectivity index (χ4v) is 6.99. The van der Waals surface area contributed by atoms with Crippen LogP contribution >= 0.6 is 11.3 Å². The van der Waals surface area contributed by atoms with Crippen LogP contribution in [0.5, 0.6) is 17.2 Å². The number of aryl methyl sites for hydroxylation is 1. The van der Waals surface area contributed by atoms with Crippen LogP contribution in [0.2, 0.25) is 0 Å². The molecule has 1 aromatic heterocycles. The van der Waals surface area contributed by atoms with Gasteiger partial charge in [0.2, 0.25) is 0 Å². The Labute approximate surface area is 264 Å². The zero-order valence-corrected chi connectivity index (χ0v) is 25.8. The van der Waals surface area contributed by atoms with Crippen LogP contribution in [0.4, 0.5) is 5.13 Å². The number of anilines is 1. The van der Waals surface area contributed by atoms with Gasteiger partial charge < -0.3 is 19.3 Å². The Morgan fingerprint density at radius 1 is 1.02 bits per heavy atom. The minimum Gasteiger partial charge on any atom is -0.507 e. The fourth-order valence-electron chi connectivity index (χ4n) is 5.90. The summed E-state index contributed by atoms with van der Waals surface area (Å²) in [6.45, 7) is 4.30. The number of aliphatic hydroxyl groups excluding tert-OH is 1. The summed E-state index contributed by atoms with van der Waals surface area (Å²) in [5, 5.41) is 12.1. The molecule has 0 saturated carbocycles. The summed E-state index contributed by atoms with van der Waals surface area (Å²) < 4.78 is 18.5. The summed E-state index contributed by atoms with van der Waals surface area (Å²) in [7, 11) is 1.54. The number of hydrogen-bond donors (Lipinski definition) is 1. The molecule has 0 spiro atoms. The molecule has 5 aromatic rings. The summed E-state index contributed by atoms with van der Waals surface area (Å²) >= 11 is 1.32. The number of rotatable bonds is 7. The quantitative estimate of drug-likeness (QED) is 0.118. The van der Waals surface area contributed by atoms with Gasteiger partial charge in [0.05, 0.1) is 28.9 Å². The van der Waals surface area contributed by atoms with E-state index in [1.54, 1.807) is 30.3 Å². The second-order valence-corrected chi connectivity index (χ2v) is 12.3. The van der Waals surface area contributed by atoms with Gasteiger partial charge in [-0.25, -0.2) is 4.98 Å². The molecule has 1 amide bonds. The van der Waals surface area contributed by atoms with Gasteiger partial charge in [0.15, 0.2) is 16.6 Å². The number of fused-ring (bicyclic) bond motifs is 2. The Balaban J connectivity index is 1.35. The lowest BCUT2D eigenvalue weighted by molar-refractivity contribution is -0.132. The van der Waals surface area contributed by atoms with Gasteiger partial charge >= 0.3 is 5.91 Å². The average Bonchev–Trinajstić information content (AvgIpc) is 3.71. The number of thiazole rings is 1. The Hall–Kier alpha value is -5.15. The minimum atomic E-state index is -0.966. The van der Waals surface area contributed by atoms with Crippen LogP contribution in [0.1, 0.15) is 40.8 Å². The summed E-state index contributed by atoms with van der Waals surface area (Å²) in [5.41, 5.74) is 4.68. The van der Waals surface area contributed by atoms with E-state index in [0.29, 0.717) is 40.8 Å². The first-order valence-corrected chi connectivity index (χ1v) is 15.4. The van der Waals surface area contributed by atoms with Crippen molar-refractivity contribution in [3.05, 3.63) is 118 Å². The van der Waals surface area contributed by atoms with E-state index in [1.807, 2.05) is 68.4 Å². The van der Waals surface area contributed by atoms with Crippen molar-refractivity contribution >= 4 is 44.1 Å². The number of ketones is 1. The molecule has 2 aliphatic heterocycles. The summed E-state index contributed by atoms with van der Waals surface area (Å²) in [4.78, 5) is 33.7. The van der Waals surface area contributed by atoms with Gasteiger partial charge in [-0.2, -0.15) is 0 Å². The second kappa shape index (κ2) is 11.4. The summed E-state index contributed by atoms with van der Waals surface area (Å²) in [5.74, 6) is -0.136. The Morgan fingerprint density at radius 3 is 2.64 bits per heavy atom. The number of Topliss-reactive ketones (excluding diaryl/α,β-unsaturated/α-hetero) is 1. The number of carbonyl (C=O) groups excluding carboxylic acids is 2. The average molecular weight is 619 g/mol. The lowest BCUT2D eigenvalue weighted by Crippen LogP contribution is -2.29. The zero-order chi connectivity index (χ0) is 31.2. The normalized spacial score (nSPS) is 18.7. The standard InChI is InChI=1S/C36H30N2O6S/c1-20-9-12-26-30(15-20)45-36(37-26)38-32(23-10-14-28(29(18-23)42-3)43-19-22-7-5-4-6-8-22)31(34(40)35(38)41)33(39)24-11-13-27-25(17-24)16-21(2)44-27/h4-15,17-18,21,32,39H,16,19H2,1-3H3/b33-31-. The molecule has 2 unspecified atom stereocenters. The van der Waals surface area contributed by atoms with Crippen molar-refractivity contribution < 1.29 is 28.9 Å². The number of ether oxygens (including phenoxy) is 3. The second-order valence-electron chi connectivity index (χ2n) is 11.3. The van der Waals surface area contributed by atoms with Crippen molar-refractivity contribution in [2.24, 2.45) is 0 Å². The van der Waals surface area contributed by atoms with Gasteiger partial charge in [0.1, 0.15) is 24.2 Å². The molecule has 7 rings (SSSR count). The molecule has 0 radical (unpaired) electrons. The molecule has 45 heavy (non-hydrogen) atoms. The van der Waals surface area contributed by atoms with E-state index in [-0.39, 0.29) is 17.4 Å². The van der Waals surface area contributed by atoms with E-state index >= 15 is 0 Å². The molecule has 1 N–H and O–H groups in total. The highest BCUT2D eigenvalue weighted by Gasteiger charge is 2.48. The SMILES string of the molecule is COc1cc(C2/C(=C(/O)c3ccc4c(c3)CC(C)O4)C(=O)C(=O)N2c2nc3ccc(C)cc3s2)ccc1OCc1ccccc1. The first-order chi connectivity index (χ1) is 21.8. The zero-order valence-electron chi connectivity index (χ0n) is 24.9. The van der Waals surface area contributed by atoms with Gasteiger partial charge in [0, 0.05) is 12.0 Å². The number of benzene rings is 4. The first-order valence-electron chi connectivity index (χ1n) is 14.6. The van der Waals surface area contributed by atoms with Crippen LogP contribution in [0.25, 0.3) is 16.0 Å². The molecular formula is C36H30N2O6S. The lowest BCUT2D eigenvalue weighted by atomic mass is 9.94. The maximum atomic E-state index is 13.8. The number of nitrogens with zero attached hydrogens (tertiary/aromatic N) is 2. The van der Waals surface area contributed by atoms with E-state index in [2.05, 4.69) is 0 Å². The molecule has 9 heteroatoms. The van der Waals surface area contributed by atoms with Crippen molar-refractivity contribution in [1.82, 2.24) is 4.98 Å². The number of hydrogen-bond acceptors (Lipinski definition) is 8. The molecule has 4 aromatic carbocycles. The topological polar surface area (TPSA) is 98.2 Å². The largest absolute Gasteiger partial charge is 0.507 e. The van der Waals surface area contributed by atoms with Crippen LogP contribution in [0.3, 0.4) is 0 Å². The van der Waals surface area contributed by atoms with Crippen LogP contribution in [0.15, 0.2) is 90.5 Å². The van der Waals surface area contributed by atoms with Crippen molar-refractivity contribution in [3.8, 4) is 17.2 Å². The van der Waals surface area contributed by atoms with E-state index in [0.717, 1.165) is 32.7 Å². The predicted octanol–water partition coefficient (Wildman–Crippen LogP) is 7.14. The first kappa shape index (κ1) is 28.6. The molecule has 2 atom stereocenters. The highest BCUT2D eigenvalue weighted by molar-refractivity contribution is 7.22. The molecule has 2 aliphatic rings. The number of carbonyl (C=O) groups is 2. The van der Waals surface area contributed by atoms with Crippen molar-refractivity contribution in [3.63, 3.8) is 0 Å². The third kappa shape index (κ3) is 5.19. The maximum absolute atomic E-state index is 13.8. The number of aliphatic hydroxyl groups is 1. The lowest BCUT2D eigenvalue weighted by Gasteiger charge is -2.24. The Bertz CT molecular complexity index is 2000. The Morgan fingerprint density at radius 2 is 1.84 bits per heavy atom. The molecule has 0 bridgehead atoms. The molecular weight excluding hydrogens is 588 g/mol. The van der Waals surface area contributed by atoms with Gasteiger partial charge in [-0.15, -0.1) is 0 Å². The maximum Gasteiger partial charge on any atom is 0.301 e.